The number of H-pyrrole nitrogens is 1. The van der Waals surface area contributed by atoms with E-state index < -0.39 is 0 Å². The molecule has 0 fully saturated rings. The molecule has 0 unspecified atom stereocenters. The first kappa shape index (κ1) is 19.2. The largest absolute Gasteiger partial charge is 0.487 e. The molecule has 0 bridgehead atoms. The Morgan fingerprint density at radius 3 is 2.76 bits per heavy atom. The van der Waals surface area contributed by atoms with Crippen molar-refractivity contribution in [3.05, 3.63) is 102 Å². The number of anilines is 1. The Hall–Kier alpha value is -4.52. The van der Waals surface area contributed by atoms with E-state index in [4.69, 9.17) is 9.73 Å². The number of rotatable bonds is 5. The van der Waals surface area contributed by atoms with Gasteiger partial charge in [-0.25, -0.2) is 0 Å². The zero-order valence-electron chi connectivity index (χ0n) is 17.7. The van der Waals surface area contributed by atoms with Crippen LogP contribution in [0.1, 0.15) is 16.8 Å². The molecule has 4 aromatic heterocycles. The van der Waals surface area contributed by atoms with Crippen LogP contribution in [0.15, 0.2) is 90.6 Å². The van der Waals surface area contributed by atoms with Gasteiger partial charge in [0.2, 0.25) is 0 Å². The molecule has 0 amide bonds. The Labute approximate surface area is 190 Å². The average Bonchev–Trinajstić information content (AvgIpc) is 3.32. The number of aromatic nitrogens is 4. The summed E-state index contributed by atoms with van der Waals surface area (Å²) in [5.41, 5.74) is 7.62. The van der Waals surface area contributed by atoms with Gasteiger partial charge in [-0.2, -0.15) is 0 Å². The van der Waals surface area contributed by atoms with Gasteiger partial charge in [0.15, 0.2) is 0 Å². The van der Waals surface area contributed by atoms with Gasteiger partial charge in [0.25, 0.3) is 0 Å². The summed E-state index contributed by atoms with van der Waals surface area (Å²) in [6.07, 6.45) is 9.00. The van der Waals surface area contributed by atoms with Crippen LogP contribution in [0, 0.1) is 0 Å². The van der Waals surface area contributed by atoms with Crippen LogP contribution in [0.2, 0.25) is 0 Å². The number of benzene rings is 1. The molecule has 0 aliphatic carbocycles. The smallest absolute Gasteiger partial charge is 0.138 e. The van der Waals surface area contributed by atoms with E-state index in [9.17, 15) is 0 Å². The van der Waals surface area contributed by atoms with E-state index in [0.29, 0.717) is 19.0 Å². The molecule has 6 rings (SSSR count). The molecule has 1 aromatic carbocycles. The molecule has 7 nitrogen and oxygen atoms in total. The summed E-state index contributed by atoms with van der Waals surface area (Å²) in [5, 5.41) is 4.36. The molecule has 5 aromatic rings. The molecule has 7 heteroatoms. The fraction of sp³-hybridized carbons (Fsp3) is 0.0769. The normalized spacial score (nSPS) is 12.7. The highest BCUT2D eigenvalue weighted by molar-refractivity contribution is 6.17. The molecule has 0 atom stereocenters. The molecule has 1 aliphatic rings. The minimum Gasteiger partial charge on any atom is -0.487 e. The Balaban J connectivity index is 1.32. The topological polar surface area (TPSA) is 88.1 Å². The molecule has 0 spiro atoms. The molecule has 0 saturated heterocycles. The summed E-state index contributed by atoms with van der Waals surface area (Å²) >= 11 is 0. The van der Waals surface area contributed by atoms with Gasteiger partial charge in [-0.05, 0) is 29.8 Å². The number of hydrogen-bond donors (Lipinski definition) is 2. The number of nitrogens with zero attached hydrogens (tertiary/aromatic N) is 4. The van der Waals surface area contributed by atoms with Crippen molar-refractivity contribution in [1.29, 1.82) is 0 Å². The summed E-state index contributed by atoms with van der Waals surface area (Å²) in [4.78, 5) is 21.4. The first-order chi connectivity index (χ1) is 16.3. The van der Waals surface area contributed by atoms with Gasteiger partial charge < -0.3 is 15.0 Å². The summed E-state index contributed by atoms with van der Waals surface area (Å²) in [5.74, 6) is 0.700. The minimum atomic E-state index is 0.486. The van der Waals surface area contributed by atoms with Crippen LogP contribution in [0.25, 0.3) is 22.2 Å². The first-order valence-corrected chi connectivity index (χ1v) is 10.7. The summed E-state index contributed by atoms with van der Waals surface area (Å²) in [6.45, 7) is 0.987. The van der Waals surface area contributed by atoms with Crippen molar-refractivity contribution >= 4 is 22.3 Å². The number of ether oxygens (including phenoxy) is 1. The second-order valence-corrected chi connectivity index (χ2v) is 7.79. The monoisotopic (exact) mass is 432 g/mol. The Morgan fingerprint density at radius 1 is 0.909 bits per heavy atom. The SMILES string of the molecule is c1ccc(COc2cncc(-c3cc4c(cn3)NCN=C4c3cc4cnccc4[nH]3)c2)cc1. The van der Waals surface area contributed by atoms with Gasteiger partial charge in [0.05, 0.1) is 35.2 Å². The number of fused-ring (bicyclic) bond motifs is 2. The third-order valence-corrected chi connectivity index (χ3v) is 5.60. The van der Waals surface area contributed by atoms with Crippen LogP contribution < -0.4 is 10.1 Å². The van der Waals surface area contributed by atoms with E-state index in [1.807, 2.05) is 60.9 Å². The fourth-order valence-corrected chi connectivity index (χ4v) is 3.95. The van der Waals surface area contributed by atoms with Crippen LogP contribution >= 0.6 is 0 Å². The molecular weight excluding hydrogens is 412 g/mol. The fourth-order valence-electron chi connectivity index (χ4n) is 3.95. The standard InChI is InChI=1S/C26H20N6O/c1-2-4-17(5-3-1)15-33-20-8-18(12-28-13-20)23-10-21-25(14-29-23)30-16-31-26(21)24-9-19-11-27-7-6-22(19)32-24/h1-14,30,32H,15-16H2. The Bertz CT molecular complexity index is 1440. The van der Waals surface area contributed by atoms with E-state index in [-0.39, 0.29) is 0 Å². The van der Waals surface area contributed by atoms with Gasteiger partial charge >= 0.3 is 0 Å². The highest BCUT2D eigenvalue weighted by Crippen LogP contribution is 2.29. The van der Waals surface area contributed by atoms with E-state index in [0.717, 1.165) is 50.4 Å². The maximum absolute atomic E-state index is 5.95. The lowest BCUT2D eigenvalue weighted by Gasteiger charge is -2.18. The van der Waals surface area contributed by atoms with Crippen molar-refractivity contribution in [3.63, 3.8) is 0 Å². The van der Waals surface area contributed by atoms with Crippen LogP contribution in [0.4, 0.5) is 5.69 Å². The number of aromatic amines is 1. The maximum Gasteiger partial charge on any atom is 0.138 e. The second-order valence-electron chi connectivity index (χ2n) is 7.79. The lowest BCUT2D eigenvalue weighted by molar-refractivity contribution is 0.305. The molecule has 0 radical (unpaired) electrons. The molecule has 0 saturated carbocycles. The third kappa shape index (κ3) is 3.80. The van der Waals surface area contributed by atoms with E-state index >= 15 is 0 Å². The lowest BCUT2D eigenvalue weighted by atomic mass is 10.0. The molecule has 2 N–H and O–H groups in total. The van der Waals surface area contributed by atoms with Crippen molar-refractivity contribution in [2.75, 3.05) is 12.0 Å². The van der Waals surface area contributed by atoms with E-state index in [1.165, 1.54) is 0 Å². The molecular formula is C26H20N6O. The third-order valence-electron chi connectivity index (χ3n) is 5.60. The van der Waals surface area contributed by atoms with Crippen LogP contribution in [-0.2, 0) is 6.61 Å². The van der Waals surface area contributed by atoms with Gasteiger partial charge in [-0.1, -0.05) is 30.3 Å². The summed E-state index contributed by atoms with van der Waals surface area (Å²) in [6, 6.07) is 18.1. The predicted octanol–water partition coefficient (Wildman–Crippen LogP) is 4.82. The van der Waals surface area contributed by atoms with Gasteiger partial charge in [0.1, 0.15) is 19.0 Å². The second kappa shape index (κ2) is 8.20. The maximum atomic E-state index is 5.95. The number of nitrogens with one attached hydrogen (secondary N) is 2. The van der Waals surface area contributed by atoms with Crippen molar-refractivity contribution in [3.8, 4) is 17.0 Å². The molecule has 1 aliphatic heterocycles. The zero-order chi connectivity index (χ0) is 22.0. The van der Waals surface area contributed by atoms with Gasteiger partial charge in [0, 0.05) is 40.6 Å². The lowest BCUT2D eigenvalue weighted by Crippen LogP contribution is -2.17. The van der Waals surface area contributed by atoms with Crippen molar-refractivity contribution < 1.29 is 4.74 Å². The van der Waals surface area contributed by atoms with Crippen LogP contribution in [-0.4, -0.2) is 32.3 Å². The van der Waals surface area contributed by atoms with Gasteiger partial charge in [-0.3, -0.25) is 19.9 Å². The number of pyridine rings is 3. The van der Waals surface area contributed by atoms with E-state index in [1.54, 1.807) is 18.6 Å². The number of aliphatic imine (C=N–C) groups is 1. The van der Waals surface area contributed by atoms with Gasteiger partial charge in [-0.15, -0.1) is 0 Å². The minimum absolute atomic E-state index is 0.486. The average molecular weight is 432 g/mol. The van der Waals surface area contributed by atoms with Crippen molar-refractivity contribution in [1.82, 2.24) is 19.9 Å². The highest BCUT2D eigenvalue weighted by atomic mass is 16.5. The summed E-state index contributed by atoms with van der Waals surface area (Å²) in [7, 11) is 0. The molecule has 33 heavy (non-hydrogen) atoms. The quantitative estimate of drug-likeness (QED) is 0.416. The zero-order valence-corrected chi connectivity index (χ0v) is 17.7. The van der Waals surface area contributed by atoms with Crippen molar-refractivity contribution in [2.45, 2.75) is 6.61 Å². The number of hydrogen-bond acceptors (Lipinski definition) is 6. The predicted molar refractivity (Wildman–Crippen MR) is 128 cm³/mol. The Kier molecular flexibility index (Phi) is 4.77. The highest BCUT2D eigenvalue weighted by Gasteiger charge is 2.19. The summed E-state index contributed by atoms with van der Waals surface area (Å²) < 4.78 is 5.95. The Morgan fingerprint density at radius 2 is 1.85 bits per heavy atom. The van der Waals surface area contributed by atoms with Crippen LogP contribution in [0.5, 0.6) is 5.75 Å². The molecule has 160 valence electrons. The van der Waals surface area contributed by atoms with Crippen LogP contribution in [0.3, 0.4) is 0 Å². The van der Waals surface area contributed by atoms with Crippen molar-refractivity contribution in [2.24, 2.45) is 4.99 Å². The first-order valence-electron chi connectivity index (χ1n) is 10.7. The molecule has 5 heterocycles. The van der Waals surface area contributed by atoms with E-state index in [2.05, 4.69) is 31.3 Å².